The molecule has 0 fully saturated rings. The zero-order valence-corrected chi connectivity index (χ0v) is 13.2. The molecule has 0 aliphatic carbocycles. The molecule has 21 heavy (non-hydrogen) atoms. The number of rotatable bonds is 2. The van der Waals surface area contributed by atoms with Gasteiger partial charge in [-0.25, -0.2) is 4.98 Å². The van der Waals surface area contributed by atoms with E-state index in [1.54, 1.807) is 18.2 Å². The number of halogens is 2. The van der Waals surface area contributed by atoms with Crippen LogP contribution in [0.5, 0.6) is 5.75 Å². The van der Waals surface area contributed by atoms with Gasteiger partial charge in [0.1, 0.15) is 11.6 Å². The lowest BCUT2D eigenvalue weighted by Gasteiger charge is -2.14. The molecular weight excluding hydrogens is 307 g/mol. The Bertz CT molecular complexity index is 825. The van der Waals surface area contributed by atoms with E-state index in [1.807, 2.05) is 22.8 Å². The number of hydrogen-bond donors (Lipinski definition) is 1. The van der Waals surface area contributed by atoms with Gasteiger partial charge in [-0.1, -0.05) is 29.3 Å². The fourth-order valence-corrected chi connectivity index (χ4v) is 2.92. The van der Waals surface area contributed by atoms with E-state index in [4.69, 9.17) is 23.2 Å². The number of hydrogen-bond acceptors (Lipinski definition) is 2. The minimum Gasteiger partial charge on any atom is -0.507 e. The Balaban J connectivity index is 2.40. The number of fused-ring (bicyclic) bond motifs is 1. The molecule has 3 rings (SSSR count). The van der Waals surface area contributed by atoms with Gasteiger partial charge in [0.15, 0.2) is 0 Å². The maximum absolute atomic E-state index is 10.1. The van der Waals surface area contributed by atoms with Crippen molar-refractivity contribution in [3.8, 4) is 17.1 Å². The van der Waals surface area contributed by atoms with Gasteiger partial charge in [0.25, 0.3) is 0 Å². The number of benzene rings is 2. The van der Waals surface area contributed by atoms with E-state index in [2.05, 4.69) is 18.8 Å². The Morgan fingerprint density at radius 3 is 2.62 bits per heavy atom. The van der Waals surface area contributed by atoms with Crippen molar-refractivity contribution >= 4 is 34.2 Å². The Morgan fingerprint density at radius 2 is 1.90 bits per heavy atom. The SMILES string of the molecule is CC(C)n1c(-c2cc(Cl)ccc2O)nc2cccc(Cl)c21. The molecule has 0 amide bonds. The Hall–Kier alpha value is -1.71. The number of imidazole rings is 1. The van der Waals surface area contributed by atoms with Crippen molar-refractivity contribution in [2.24, 2.45) is 0 Å². The molecule has 0 aliphatic rings. The van der Waals surface area contributed by atoms with Crippen LogP contribution in [0.4, 0.5) is 0 Å². The monoisotopic (exact) mass is 320 g/mol. The van der Waals surface area contributed by atoms with Crippen molar-refractivity contribution in [1.29, 1.82) is 0 Å². The predicted molar refractivity (Wildman–Crippen MR) is 87.2 cm³/mol. The highest BCUT2D eigenvalue weighted by Crippen LogP contribution is 2.37. The average Bonchev–Trinajstić information content (AvgIpc) is 2.82. The standard InChI is InChI=1S/C16H14Cl2N2O/c1-9(2)20-15-12(18)4-3-5-13(15)19-16(20)11-8-10(17)6-7-14(11)21/h3-9,21H,1-2H3. The van der Waals surface area contributed by atoms with Crippen LogP contribution in [0.3, 0.4) is 0 Å². The molecular formula is C16H14Cl2N2O. The van der Waals surface area contributed by atoms with Gasteiger partial charge in [0, 0.05) is 11.1 Å². The molecule has 3 aromatic rings. The van der Waals surface area contributed by atoms with E-state index >= 15 is 0 Å². The van der Waals surface area contributed by atoms with Gasteiger partial charge >= 0.3 is 0 Å². The van der Waals surface area contributed by atoms with Crippen molar-refractivity contribution in [1.82, 2.24) is 9.55 Å². The zero-order chi connectivity index (χ0) is 15.1. The first-order chi connectivity index (χ1) is 9.99. The third-order valence-corrected chi connectivity index (χ3v) is 3.92. The lowest BCUT2D eigenvalue weighted by atomic mass is 10.2. The molecule has 2 aromatic carbocycles. The largest absolute Gasteiger partial charge is 0.507 e. The van der Waals surface area contributed by atoms with Crippen molar-refractivity contribution in [3.63, 3.8) is 0 Å². The van der Waals surface area contributed by atoms with Crippen molar-refractivity contribution < 1.29 is 5.11 Å². The summed E-state index contributed by atoms with van der Waals surface area (Å²) in [4.78, 5) is 4.63. The number of phenols is 1. The Morgan fingerprint density at radius 1 is 1.14 bits per heavy atom. The molecule has 0 spiro atoms. The van der Waals surface area contributed by atoms with E-state index in [1.165, 1.54) is 0 Å². The molecule has 1 aromatic heterocycles. The van der Waals surface area contributed by atoms with E-state index in [-0.39, 0.29) is 11.8 Å². The van der Waals surface area contributed by atoms with Gasteiger partial charge in [-0.15, -0.1) is 0 Å². The van der Waals surface area contributed by atoms with E-state index in [9.17, 15) is 5.11 Å². The van der Waals surface area contributed by atoms with Gasteiger partial charge in [0.05, 0.1) is 21.6 Å². The fourth-order valence-electron chi connectivity index (χ4n) is 2.49. The summed E-state index contributed by atoms with van der Waals surface area (Å²) < 4.78 is 2.02. The minimum absolute atomic E-state index is 0.142. The topological polar surface area (TPSA) is 38.0 Å². The number of aromatic nitrogens is 2. The average molecular weight is 321 g/mol. The van der Waals surface area contributed by atoms with Gasteiger partial charge in [-0.3, -0.25) is 0 Å². The van der Waals surface area contributed by atoms with E-state index < -0.39 is 0 Å². The van der Waals surface area contributed by atoms with Crippen LogP contribution in [-0.2, 0) is 0 Å². The molecule has 0 unspecified atom stereocenters. The summed E-state index contributed by atoms with van der Waals surface area (Å²) in [6.07, 6.45) is 0. The van der Waals surface area contributed by atoms with E-state index in [0.29, 0.717) is 21.4 Å². The van der Waals surface area contributed by atoms with Crippen molar-refractivity contribution in [2.75, 3.05) is 0 Å². The second-order valence-electron chi connectivity index (χ2n) is 5.17. The summed E-state index contributed by atoms with van der Waals surface area (Å²) in [7, 11) is 0. The first-order valence-corrected chi connectivity index (χ1v) is 7.40. The van der Waals surface area contributed by atoms with Crippen LogP contribution < -0.4 is 0 Å². The number of para-hydroxylation sites is 1. The summed E-state index contributed by atoms with van der Waals surface area (Å²) in [5.74, 6) is 0.806. The molecule has 3 nitrogen and oxygen atoms in total. The van der Waals surface area contributed by atoms with E-state index in [0.717, 1.165) is 11.0 Å². The predicted octanol–water partition coefficient (Wildman–Crippen LogP) is 5.30. The second-order valence-corrected chi connectivity index (χ2v) is 6.01. The van der Waals surface area contributed by atoms with Crippen LogP contribution in [0, 0.1) is 0 Å². The maximum atomic E-state index is 10.1. The van der Waals surface area contributed by atoms with Crippen LogP contribution >= 0.6 is 23.2 Å². The first kappa shape index (κ1) is 14.2. The molecule has 108 valence electrons. The van der Waals surface area contributed by atoms with Crippen LogP contribution in [0.15, 0.2) is 36.4 Å². The zero-order valence-electron chi connectivity index (χ0n) is 11.6. The summed E-state index contributed by atoms with van der Waals surface area (Å²) in [5, 5.41) is 11.3. The highest BCUT2D eigenvalue weighted by molar-refractivity contribution is 6.35. The molecule has 0 aliphatic heterocycles. The van der Waals surface area contributed by atoms with Gasteiger partial charge in [-0.05, 0) is 44.2 Å². The fraction of sp³-hybridized carbons (Fsp3) is 0.188. The van der Waals surface area contributed by atoms with Crippen molar-refractivity contribution in [2.45, 2.75) is 19.9 Å². The molecule has 0 saturated carbocycles. The second kappa shape index (κ2) is 5.24. The molecule has 0 atom stereocenters. The van der Waals surface area contributed by atoms with Gasteiger partial charge < -0.3 is 9.67 Å². The molecule has 5 heteroatoms. The lowest BCUT2D eigenvalue weighted by Crippen LogP contribution is -2.03. The minimum atomic E-state index is 0.142. The summed E-state index contributed by atoms with van der Waals surface area (Å²) in [5.41, 5.74) is 2.26. The smallest absolute Gasteiger partial charge is 0.145 e. The van der Waals surface area contributed by atoms with Crippen LogP contribution in [0.2, 0.25) is 10.0 Å². The number of aromatic hydroxyl groups is 1. The Labute approximate surface area is 132 Å². The molecule has 0 radical (unpaired) electrons. The first-order valence-electron chi connectivity index (χ1n) is 6.64. The van der Waals surface area contributed by atoms with Crippen LogP contribution in [0.1, 0.15) is 19.9 Å². The highest BCUT2D eigenvalue weighted by atomic mass is 35.5. The molecule has 1 heterocycles. The molecule has 0 bridgehead atoms. The summed E-state index contributed by atoms with van der Waals surface area (Å²) >= 11 is 12.4. The summed E-state index contributed by atoms with van der Waals surface area (Å²) in [6.45, 7) is 4.10. The van der Waals surface area contributed by atoms with Crippen molar-refractivity contribution in [3.05, 3.63) is 46.4 Å². The number of nitrogens with zero attached hydrogens (tertiary/aromatic N) is 2. The normalized spacial score (nSPS) is 11.5. The third kappa shape index (κ3) is 2.37. The van der Waals surface area contributed by atoms with Gasteiger partial charge in [0.2, 0.25) is 0 Å². The Kier molecular flexibility index (Phi) is 3.56. The molecule has 1 N–H and O–H groups in total. The van der Waals surface area contributed by atoms with Crippen LogP contribution in [0.25, 0.3) is 22.4 Å². The maximum Gasteiger partial charge on any atom is 0.145 e. The molecule has 0 saturated heterocycles. The highest BCUT2D eigenvalue weighted by Gasteiger charge is 2.19. The summed E-state index contributed by atoms with van der Waals surface area (Å²) in [6, 6.07) is 10.7. The van der Waals surface area contributed by atoms with Crippen LogP contribution in [-0.4, -0.2) is 14.7 Å². The quantitative estimate of drug-likeness (QED) is 0.696. The number of phenolic OH excluding ortho intramolecular Hbond substituents is 1. The lowest BCUT2D eigenvalue weighted by molar-refractivity contribution is 0.476. The third-order valence-electron chi connectivity index (χ3n) is 3.38. The van der Waals surface area contributed by atoms with Gasteiger partial charge in [-0.2, -0.15) is 0 Å².